The maximum atomic E-state index is 13.8. The Hall–Kier alpha value is -3.72. The molecule has 0 aliphatic carbocycles. The Morgan fingerprint density at radius 3 is 2.38 bits per heavy atom. The third-order valence-corrected chi connectivity index (χ3v) is 7.13. The number of carbonyl (C=O) groups is 1. The summed E-state index contributed by atoms with van der Waals surface area (Å²) in [6.07, 6.45) is 0.820. The van der Waals surface area contributed by atoms with Crippen molar-refractivity contribution in [2.75, 3.05) is 4.72 Å². The summed E-state index contributed by atoms with van der Waals surface area (Å²) in [7, 11) is -4.01. The molecule has 9 heteroatoms. The van der Waals surface area contributed by atoms with Gasteiger partial charge >= 0.3 is 0 Å². The number of anilines is 1. The Bertz CT molecular complexity index is 1380. The largest absolute Gasteiger partial charge is 0.342 e. The normalized spacial score (nSPS) is 13.4. The van der Waals surface area contributed by atoms with E-state index in [1.807, 2.05) is 38.1 Å². The second-order valence-corrected chi connectivity index (χ2v) is 9.77. The lowest BCUT2D eigenvalue weighted by Crippen LogP contribution is -2.33. The Morgan fingerprint density at radius 2 is 1.71 bits per heavy atom. The first-order valence-electron chi connectivity index (χ1n) is 10.9. The first-order valence-corrected chi connectivity index (χ1v) is 12.4. The fourth-order valence-electron chi connectivity index (χ4n) is 3.59. The molecular formula is C25H25FN4O3S. The minimum atomic E-state index is -4.01. The first-order chi connectivity index (χ1) is 16.3. The highest BCUT2D eigenvalue weighted by atomic mass is 32.2. The van der Waals surface area contributed by atoms with Crippen LogP contribution in [-0.2, 0) is 10.0 Å². The molecule has 4 aromatic rings. The van der Waals surface area contributed by atoms with Gasteiger partial charge in [-0.3, -0.25) is 9.52 Å². The summed E-state index contributed by atoms with van der Waals surface area (Å²) in [5.74, 6) is -0.258. The first kappa shape index (κ1) is 23.4. The topological polar surface area (TPSA) is 104 Å². The van der Waals surface area contributed by atoms with E-state index in [0.29, 0.717) is 11.4 Å². The molecule has 0 aliphatic heterocycles. The molecule has 0 fully saturated rings. The number of aromatic nitrogens is 2. The zero-order valence-corrected chi connectivity index (χ0v) is 19.6. The average Bonchev–Trinajstić information content (AvgIpc) is 3.27. The van der Waals surface area contributed by atoms with Gasteiger partial charge in [-0.1, -0.05) is 44.5 Å². The summed E-state index contributed by atoms with van der Waals surface area (Å²) >= 11 is 0. The molecule has 2 atom stereocenters. The number of amides is 1. The van der Waals surface area contributed by atoms with Gasteiger partial charge in [-0.25, -0.2) is 17.8 Å². The van der Waals surface area contributed by atoms with Crippen LogP contribution in [0.15, 0.2) is 77.7 Å². The predicted octanol–water partition coefficient (Wildman–Crippen LogP) is 5.02. The number of rotatable bonds is 8. The van der Waals surface area contributed by atoms with Gasteiger partial charge in [0.1, 0.15) is 11.6 Å². The number of sulfonamides is 1. The molecule has 34 heavy (non-hydrogen) atoms. The van der Waals surface area contributed by atoms with Crippen LogP contribution in [0.5, 0.6) is 0 Å². The summed E-state index contributed by atoms with van der Waals surface area (Å²) in [5, 5.41) is 3.02. The molecule has 0 saturated heterocycles. The number of fused-ring (bicyclic) bond motifs is 1. The van der Waals surface area contributed by atoms with Gasteiger partial charge in [-0.05, 0) is 54.4 Å². The lowest BCUT2D eigenvalue weighted by Gasteiger charge is -2.22. The van der Waals surface area contributed by atoms with E-state index in [-0.39, 0.29) is 28.4 Å². The van der Waals surface area contributed by atoms with Crippen LogP contribution >= 0.6 is 0 Å². The number of hydrogen-bond donors (Lipinski definition) is 3. The van der Waals surface area contributed by atoms with E-state index in [1.165, 1.54) is 48.5 Å². The van der Waals surface area contributed by atoms with Crippen molar-refractivity contribution in [3.8, 4) is 0 Å². The number of nitrogens with one attached hydrogen (secondary N) is 3. The molecule has 3 N–H and O–H groups in total. The summed E-state index contributed by atoms with van der Waals surface area (Å²) in [6.45, 7) is 4.07. The van der Waals surface area contributed by atoms with Crippen molar-refractivity contribution in [1.29, 1.82) is 0 Å². The molecule has 4 rings (SSSR count). The Labute approximate surface area is 197 Å². The monoisotopic (exact) mass is 480 g/mol. The number of hydrogen-bond acceptors (Lipinski definition) is 4. The SMILES string of the molecule is CCC(C)C(NC(=O)c1ccc(S(=O)(=O)Nc2ccccc2F)cc1)c1nc2ccccc2[nH]1. The third kappa shape index (κ3) is 4.94. The Balaban J connectivity index is 1.53. The molecule has 0 radical (unpaired) electrons. The molecule has 0 aliphatic rings. The van der Waals surface area contributed by atoms with Crippen LogP contribution in [0.1, 0.15) is 42.5 Å². The number of imidazole rings is 1. The number of halogens is 1. The van der Waals surface area contributed by atoms with Gasteiger partial charge in [-0.15, -0.1) is 0 Å². The van der Waals surface area contributed by atoms with Gasteiger partial charge in [-0.2, -0.15) is 0 Å². The molecule has 176 valence electrons. The number of para-hydroxylation sites is 3. The van der Waals surface area contributed by atoms with Crippen molar-refractivity contribution < 1.29 is 17.6 Å². The molecule has 3 aromatic carbocycles. The second-order valence-electron chi connectivity index (χ2n) is 8.09. The summed E-state index contributed by atoms with van der Waals surface area (Å²) in [5.41, 5.74) is 1.86. The van der Waals surface area contributed by atoms with E-state index in [4.69, 9.17) is 0 Å². The van der Waals surface area contributed by atoms with Crippen molar-refractivity contribution in [2.24, 2.45) is 5.92 Å². The number of aromatic amines is 1. The van der Waals surface area contributed by atoms with Crippen molar-refractivity contribution in [3.05, 3.63) is 90.0 Å². The lowest BCUT2D eigenvalue weighted by molar-refractivity contribution is 0.0920. The average molecular weight is 481 g/mol. The van der Waals surface area contributed by atoms with Crippen LogP contribution in [-0.4, -0.2) is 24.3 Å². The van der Waals surface area contributed by atoms with Gasteiger partial charge in [0, 0.05) is 5.56 Å². The summed E-state index contributed by atoms with van der Waals surface area (Å²) in [4.78, 5) is 20.8. The highest BCUT2D eigenvalue weighted by Gasteiger charge is 2.24. The zero-order chi connectivity index (χ0) is 24.3. The quantitative estimate of drug-likeness (QED) is 0.329. The van der Waals surface area contributed by atoms with Crippen LogP contribution in [0.3, 0.4) is 0 Å². The molecule has 0 bridgehead atoms. The maximum Gasteiger partial charge on any atom is 0.261 e. The van der Waals surface area contributed by atoms with E-state index in [0.717, 1.165) is 17.5 Å². The molecule has 1 amide bonds. The van der Waals surface area contributed by atoms with Gasteiger partial charge in [0.25, 0.3) is 15.9 Å². The van der Waals surface area contributed by atoms with E-state index < -0.39 is 15.8 Å². The fourth-order valence-corrected chi connectivity index (χ4v) is 4.66. The Kier molecular flexibility index (Phi) is 6.65. The fraction of sp³-hybridized carbons (Fsp3) is 0.200. The molecule has 1 aromatic heterocycles. The van der Waals surface area contributed by atoms with Crippen molar-refractivity contribution in [3.63, 3.8) is 0 Å². The highest BCUT2D eigenvalue weighted by Crippen LogP contribution is 2.25. The van der Waals surface area contributed by atoms with Crippen molar-refractivity contribution in [1.82, 2.24) is 15.3 Å². The zero-order valence-electron chi connectivity index (χ0n) is 18.7. The lowest BCUT2D eigenvalue weighted by atomic mass is 9.98. The number of carbonyl (C=O) groups excluding carboxylic acids is 1. The summed E-state index contributed by atoms with van der Waals surface area (Å²) in [6, 6.07) is 18.3. The molecule has 7 nitrogen and oxygen atoms in total. The van der Waals surface area contributed by atoms with E-state index in [1.54, 1.807) is 0 Å². The van der Waals surface area contributed by atoms with Gasteiger partial charge in [0.05, 0.1) is 27.7 Å². The van der Waals surface area contributed by atoms with Crippen LogP contribution in [0.2, 0.25) is 0 Å². The molecule has 2 unspecified atom stereocenters. The Morgan fingerprint density at radius 1 is 1.03 bits per heavy atom. The molecular weight excluding hydrogens is 455 g/mol. The van der Waals surface area contributed by atoms with E-state index in [2.05, 4.69) is 20.0 Å². The third-order valence-electron chi connectivity index (χ3n) is 5.75. The minimum absolute atomic E-state index is 0.0805. The van der Waals surface area contributed by atoms with Gasteiger partial charge < -0.3 is 10.3 Å². The van der Waals surface area contributed by atoms with Crippen LogP contribution < -0.4 is 10.0 Å². The number of nitrogens with zero attached hydrogens (tertiary/aromatic N) is 1. The minimum Gasteiger partial charge on any atom is -0.342 e. The van der Waals surface area contributed by atoms with Gasteiger partial charge in [0.2, 0.25) is 0 Å². The number of H-pyrrole nitrogens is 1. The standard InChI is InChI=1S/C25H25FN4O3S/c1-3-16(2)23(24-27-21-10-6-7-11-22(21)28-24)29-25(31)17-12-14-18(15-13-17)34(32,33)30-20-9-5-4-8-19(20)26/h4-16,23,30H,3H2,1-2H3,(H,27,28)(H,29,31). The van der Waals surface area contributed by atoms with Crippen LogP contribution in [0.25, 0.3) is 11.0 Å². The molecule has 0 saturated carbocycles. The van der Waals surface area contributed by atoms with Crippen LogP contribution in [0.4, 0.5) is 10.1 Å². The van der Waals surface area contributed by atoms with E-state index in [9.17, 15) is 17.6 Å². The smallest absolute Gasteiger partial charge is 0.261 e. The highest BCUT2D eigenvalue weighted by molar-refractivity contribution is 7.92. The maximum absolute atomic E-state index is 13.8. The molecule has 0 spiro atoms. The summed E-state index contributed by atoms with van der Waals surface area (Å²) < 4.78 is 41.3. The predicted molar refractivity (Wildman–Crippen MR) is 129 cm³/mol. The number of benzene rings is 3. The molecule has 1 heterocycles. The van der Waals surface area contributed by atoms with E-state index >= 15 is 0 Å². The van der Waals surface area contributed by atoms with Gasteiger partial charge in [0.15, 0.2) is 0 Å². The van der Waals surface area contributed by atoms with Crippen molar-refractivity contribution >= 4 is 32.7 Å². The second kappa shape index (κ2) is 9.64. The van der Waals surface area contributed by atoms with Crippen LogP contribution in [0, 0.1) is 11.7 Å². The van der Waals surface area contributed by atoms with Crippen molar-refractivity contribution in [2.45, 2.75) is 31.2 Å².